The van der Waals surface area contributed by atoms with E-state index in [-0.39, 0.29) is 0 Å². The molecule has 0 saturated carbocycles. The van der Waals surface area contributed by atoms with Crippen LogP contribution in [0.25, 0.3) is 33.4 Å². The second kappa shape index (κ2) is 11.5. The Bertz CT molecular complexity index is 1750. The zero-order chi connectivity index (χ0) is 27.3. The quantitative estimate of drug-likeness (QED) is 0.197. The molecule has 0 aliphatic rings. The van der Waals surface area contributed by atoms with E-state index in [0.717, 1.165) is 32.7 Å². The second-order valence-corrected chi connectivity index (χ2v) is 10.5. The van der Waals surface area contributed by atoms with E-state index in [9.17, 15) is 0 Å². The highest BCUT2D eigenvalue weighted by Crippen LogP contribution is 2.37. The number of nitriles is 1. The Kier molecular flexibility index (Phi) is 7.26. The highest BCUT2D eigenvalue weighted by atomic mass is 79.9. The van der Waals surface area contributed by atoms with Crippen molar-refractivity contribution in [1.29, 1.82) is 5.26 Å². The molecule has 0 radical (unpaired) electrons. The molecule has 0 unspecified atom stereocenters. The highest BCUT2D eigenvalue weighted by Gasteiger charge is 2.14. The third-order valence-corrected chi connectivity index (χ3v) is 7.54. The first kappa shape index (κ1) is 25.4. The molecule has 0 N–H and O–H groups in total. The Morgan fingerprint density at radius 3 is 1.10 bits per heavy atom. The highest BCUT2D eigenvalue weighted by molar-refractivity contribution is 9.10. The molecule has 40 heavy (non-hydrogen) atoms. The minimum Gasteiger partial charge on any atom is -0.311 e. The SMILES string of the molecule is N#Cc1ccc(-c2ccc(N(c3ccc(-c4ccccc4)cc3)c3ccc(-c4ccc(Br)cc4)cc3)cc2)cc1. The summed E-state index contributed by atoms with van der Waals surface area (Å²) in [5.41, 5.74) is 10.8. The standard InChI is InChI=1S/C37H25BrN2/c38-34-18-10-30(11-19-34)33-16-24-37(25-17-33)40(35-20-12-31(13-21-35)28-4-2-1-3-5-28)36-22-14-32(15-23-36)29-8-6-27(26-39)7-9-29/h1-25H. The number of hydrogen-bond acceptors (Lipinski definition) is 2. The average Bonchev–Trinajstić information content (AvgIpc) is 3.03. The molecule has 0 bridgehead atoms. The minimum absolute atomic E-state index is 0.664. The van der Waals surface area contributed by atoms with Gasteiger partial charge in [0.05, 0.1) is 11.6 Å². The molecule has 0 heterocycles. The van der Waals surface area contributed by atoms with E-state index in [1.54, 1.807) is 0 Å². The fourth-order valence-corrected chi connectivity index (χ4v) is 5.13. The molecule has 6 aromatic carbocycles. The van der Waals surface area contributed by atoms with E-state index in [2.05, 4.69) is 148 Å². The van der Waals surface area contributed by atoms with Crippen LogP contribution in [0.1, 0.15) is 5.56 Å². The van der Waals surface area contributed by atoms with E-state index >= 15 is 0 Å². The van der Waals surface area contributed by atoms with Crippen LogP contribution in [0.3, 0.4) is 0 Å². The van der Waals surface area contributed by atoms with Gasteiger partial charge >= 0.3 is 0 Å². The van der Waals surface area contributed by atoms with E-state index in [0.29, 0.717) is 5.56 Å². The summed E-state index contributed by atoms with van der Waals surface area (Å²) in [4.78, 5) is 2.28. The van der Waals surface area contributed by atoms with Crippen LogP contribution >= 0.6 is 15.9 Å². The zero-order valence-electron chi connectivity index (χ0n) is 21.7. The third kappa shape index (κ3) is 5.45. The maximum absolute atomic E-state index is 9.13. The summed E-state index contributed by atoms with van der Waals surface area (Å²) < 4.78 is 1.07. The zero-order valence-corrected chi connectivity index (χ0v) is 23.3. The van der Waals surface area contributed by atoms with Gasteiger partial charge in [-0.05, 0) is 94.0 Å². The van der Waals surface area contributed by atoms with E-state index in [4.69, 9.17) is 5.26 Å². The minimum atomic E-state index is 0.664. The van der Waals surface area contributed by atoms with Gasteiger partial charge in [-0.3, -0.25) is 0 Å². The lowest BCUT2D eigenvalue weighted by Gasteiger charge is -2.26. The lowest BCUT2D eigenvalue weighted by Crippen LogP contribution is -2.09. The first-order chi connectivity index (χ1) is 19.7. The molecule has 0 spiro atoms. The van der Waals surface area contributed by atoms with E-state index < -0.39 is 0 Å². The largest absolute Gasteiger partial charge is 0.311 e. The number of hydrogen-bond donors (Lipinski definition) is 0. The Labute approximate surface area is 243 Å². The van der Waals surface area contributed by atoms with Crippen molar-refractivity contribution in [3.8, 4) is 39.4 Å². The molecule has 0 atom stereocenters. The van der Waals surface area contributed by atoms with Crippen molar-refractivity contribution in [1.82, 2.24) is 0 Å². The van der Waals surface area contributed by atoms with Crippen LogP contribution in [0, 0.1) is 11.3 Å². The summed E-state index contributed by atoms with van der Waals surface area (Å²) >= 11 is 3.53. The molecule has 0 amide bonds. The molecular formula is C37H25BrN2. The van der Waals surface area contributed by atoms with Crippen LogP contribution in [0.2, 0.25) is 0 Å². The Balaban J connectivity index is 1.37. The fraction of sp³-hybridized carbons (Fsp3) is 0. The van der Waals surface area contributed by atoms with Crippen LogP contribution in [0.5, 0.6) is 0 Å². The normalized spacial score (nSPS) is 10.6. The van der Waals surface area contributed by atoms with E-state index in [1.165, 1.54) is 22.3 Å². The smallest absolute Gasteiger partial charge is 0.0991 e. The summed E-state index contributed by atoms with van der Waals surface area (Å²) in [6, 6.07) is 54.7. The molecule has 0 aromatic heterocycles. The van der Waals surface area contributed by atoms with Crippen molar-refractivity contribution < 1.29 is 0 Å². The predicted molar refractivity (Wildman–Crippen MR) is 170 cm³/mol. The van der Waals surface area contributed by atoms with Crippen molar-refractivity contribution in [3.05, 3.63) is 162 Å². The predicted octanol–water partition coefficient (Wildman–Crippen LogP) is 10.8. The van der Waals surface area contributed by atoms with Crippen LogP contribution in [-0.2, 0) is 0 Å². The van der Waals surface area contributed by atoms with Crippen LogP contribution in [0.4, 0.5) is 17.1 Å². The lowest BCUT2D eigenvalue weighted by molar-refractivity contribution is 1.28. The van der Waals surface area contributed by atoms with Crippen molar-refractivity contribution in [2.24, 2.45) is 0 Å². The molecule has 0 aliphatic carbocycles. The van der Waals surface area contributed by atoms with Crippen LogP contribution in [0.15, 0.2) is 156 Å². The number of benzene rings is 6. The summed E-state index contributed by atoms with van der Waals surface area (Å²) in [6.45, 7) is 0. The molecule has 2 nitrogen and oxygen atoms in total. The van der Waals surface area contributed by atoms with Crippen molar-refractivity contribution >= 4 is 33.0 Å². The second-order valence-electron chi connectivity index (χ2n) is 9.54. The average molecular weight is 578 g/mol. The van der Waals surface area contributed by atoms with Gasteiger partial charge in [0.2, 0.25) is 0 Å². The molecule has 6 aromatic rings. The molecule has 0 saturated heterocycles. The first-order valence-corrected chi connectivity index (χ1v) is 13.9. The number of rotatable bonds is 6. The maximum atomic E-state index is 9.13. The van der Waals surface area contributed by atoms with Gasteiger partial charge in [0.25, 0.3) is 0 Å². The monoisotopic (exact) mass is 576 g/mol. The van der Waals surface area contributed by atoms with E-state index in [1.807, 2.05) is 30.3 Å². The van der Waals surface area contributed by atoms with Gasteiger partial charge in [-0.2, -0.15) is 5.26 Å². The Morgan fingerprint density at radius 2 is 0.725 bits per heavy atom. The van der Waals surface area contributed by atoms with Crippen LogP contribution in [-0.4, -0.2) is 0 Å². The molecule has 3 heteroatoms. The maximum Gasteiger partial charge on any atom is 0.0991 e. The number of anilines is 3. The van der Waals surface area contributed by atoms with Gasteiger partial charge in [0.1, 0.15) is 0 Å². The Morgan fingerprint density at radius 1 is 0.400 bits per heavy atom. The molecule has 6 rings (SSSR count). The van der Waals surface area contributed by atoms with Gasteiger partial charge < -0.3 is 4.90 Å². The number of nitrogens with zero attached hydrogens (tertiary/aromatic N) is 2. The topological polar surface area (TPSA) is 27.0 Å². The van der Waals surface area contributed by atoms with Gasteiger partial charge in [-0.1, -0.05) is 107 Å². The molecule has 0 fully saturated rings. The summed E-state index contributed by atoms with van der Waals surface area (Å²) in [7, 11) is 0. The van der Waals surface area contributed by atoms with Gasteiger partial charge in [0.15, 0.2) is 0 Å². The molecular weight excluding hydrogens is 552 g/mol. The third-order valence-electron chi connectivity index (χ3n) is 7.01. The summed E-state index contributed by atoms with van der Waals surface area (Å²) in [5, 5.41) is 9.13. The number of halogens is 1. The van der Waals surface area contributed by atoms with Crippen molar-refractivity contribution in [2.45, 2.75) is 0 Å². The van der Waals surface area contributed by atoms with Crippen molar-refractivity contribution in [3.63, 3.8) is 0 Å². The summed E-state index contributed by atoms with van der Waals surface area (Å²) in [5.74, 6) is 0. The van der Waals surface area contributed by atoms with Gasteiger partial charge in [-0.25, -0.2) is 0 Å². The lowest BCUT2D eigenvalue weighted by atomic mass is 10.0. The van der Waals surface area contributed by atoms with Gasteiger partial charge in [-0.15, -0.1) is 0 Å². The molecule has 190 valence electrons. The fourth-order valence-electron chi connectivity index (χ4n) is 4.87. The molecule has 0 aliphatic heterocycles. The first-order valence-electron chi connectivity index (χ1n) is 13.1. The van der Waals surface area contributed by atoms with Crippen molar-refractivity contribution in [2.75, 3.05) is 4.90 Å². The van der Waals surface area contributed by atoms with Crippen LogP contribution < -0.4 is 4.90 Å². The van der Waals surface area contributed by atoms with Gasteiger partial charge in [0, 0.05) is 21.5 Å². The summed E-state index contributed by atoms with van der Waals surface area (Å²) in [6.07, 6.45) is 0. The Hall–Kier alpha value is -4.91.